The van der Waals surface area contributed by atoms with Gasteiger partial charge in [0.2, 0.25) is 0 Å². The van der Waals surface area contributed by atoms with E-state index in [-0.39, 0.29) is 0 Å². The molecule has 0 fully saturated rings. The molecule has 0 amide bonds. The monoisotopic (exact) mass is 180 g/mol. The van der Waals surface area contributed by atoms with E-state index in [0.29, 0.717) is 0 Å². The molecule has 0 aliphatic carbocycles. The van der Waals surface area contributed by atoms with E-state index >= 15 is 0 Å². The predicted octanol–water partition coefficient (Wildman–Crippen LogP) is 2.60. The summed E-state index contributed by atoms with van der Waals surface area (Å²) in [5.74, 6) is 0.926. The second-order valence-electron chi connectivity index (χ2n) is 2.92. The number of imidazole rings is 1. The van der Waals surface area contributed by atoms with Gasteiger partial charge < -0.3 is 0 Å². The minimum atomic E-state index is 0.722. The number of hydrogen-bond acceptors (Lipinski definition) is 1. The number of nitrogens with zero attached hydrogens (tertiary/aromatic N) is 2. The normalized spacial score (nSPS) is 10.9. The number of hydrogen-bond donors (Lipinski definition) is 0. The summed E-state index contributed by atoms with van der Waals surface area (Å²) in [5.41, 5.74) is 2.21. The van der Waals surface area contributed by atoms with Gasteiger partial charge in [0.05, 0.1) is 11.7 Å². The van der Waals surface area contributed by atoms with Gasteiger partial charge in [0, 0.05) is 0 Å². The van der Waals surface area contributed by atoms with Crippen molar-refractivity contribution in [1.82, 2.24) is 9.38 Å². The van der Waals surface area contributed by atoms with Crippen LogP contribution in [-0.4, -0.2) is 9.38 Å². The summed E-state index contributed by atoms with van der Waals surface area (Å²) < 4.78 is 1.93. The number of fused-ring (bicyclic) bond motifs is 1. The molecule has 2 rings (SSSR count). The van der Waals surface area contributed by atoms with Gasteiger partial charge in [0.1, 0.15) is 11.0 Å². The van der Waals surface area contributed by atoms with Crippen LogP contribution >= 0.6 is 11.6 Å². The van der Waals surface area contributed by atoms with E-state index in [1.807, 2.05) is 30.5 Å². The first-order chi connectivity index (χ1) is 5.68. The molecule has 62 valence electrons. The van der Waals surface area contributed by atoms with E-state index in [9.17, 15) is 0 Å². The van der Waals surface area contributed by atoms with Crippen LogP contribution < -0.4 is 0 Å². The molecule has 0 aliphatic heterocycles. The lowest BCUT2D eigenvalue weighted by Gasteiger charge is -2.00. The maximum Gasteiger partial charge on any atom is 0.115 e. The molecular weight excluding hydrogens is 172 g/mol. The Morgan fingerprint density at radius 1 is 1.33 bits per heavy atom. The molecule has 2 aromatic heterocycles. The lowest BCUT2D eigenvalue weighted by atomic mass is 10.3. The number of rotatable bonds is 0. The quantitative estimate of drug-likeness (QED) is 0.570. The van der Waals surface area contributed by atoms with Crippen molar-refractivity contribution in [2.45, 2.75) is 13.8 Å². The summed E-state index contributed by atoms with van der Waals surface area (Å²) in [6.45, 7) is 3.96. The third-order valence-electron chi connectivity index (χ3n) is 1.90. The van der Waals surface area contributed by atoms with Crippen molar-refractivity contribution in [3.63, 3.8) is 0 Å². The smallest absolute Gasteiger partial charge is 0.115 e. The average Bonchev–Trinajstić information content (AvgIpc) is 2.31. The third-order valence-corrected chi connectivity index (χ3v) is 2.18. The maximum atomic E-state index is 6.03. The molecule has 2 heterocycles. The molecule has 12 heavy (non-hydrogen) atoms. The van der Waals surface area contributed by atoms with Gasteiger partial charge in [-0.25, -0.2) is 4.98 Å². The van der Waals surface area contributed by atoms with Crippen LogP contribution in [0.3, 0.4) is 0 Å². The summed E-state index contributed by atoms with van der Waals surface area (Å²) >= 11 is 6.03. The third kappa shape index (κ3) is 0.994. The number of pyridine rings is 1. The number of aromatic nitrogens is 2. The Hall–Kier alpha value is -1.02. The van der Waals surface area contributed by atoms with Crippen molar-refractivity contribution in [3.8, 4) is 0 Å². The molecule has 3 heteroatoms. The highest BCUT2D eigenvalue weighted by Gasteiger charge is 2.02. The predicted molar refractivity (Wildman–Crippen MR) is 49.7 cm³/mol. The van der Waals surface area contributed by atoms with Gasteiger partial charge in [0.25, 0.3) is 0 Å². The van der Waals surface area contributed by atoms with Gasteiger partial charge in [-0.3, -0.25) is 4.40 Å². The second kappa shape index (κ2) is 2.49. The first-order valence-electron chi connectivity index (χ1n) is 3.78. The minimum Gasteiger partial charge on any atom is -0.287 e. The van der Waals surface area contributed by atoms with E-state index in [1.54, 1.807) is 0 Å². The zero-order chi connectivity index (χ0) is 8.72. The van der Waals surface area contributed by atoms with Gasteiger partial charge in [0.15, 0.2) is 0 Å². The molecule has 0 aliphatic rings. The topological polar surface area (TPSA) is 17.3 Å². The summed E-state index contributed by atoms with van der Waals surface area (Å²) in [6.07, 6.45) is 1.83. The van der Waals surface area contributed by atoms with E-state index in [1.165, 1.54) is 0 Å². The molecule has 0 spiro atoms. The zero-order valence-corrected chi connectivity index (χ0v) is 7.76. The molecule has 0 atom stereocenters. The molecule has 2 aromatic rings. The Labute approximate surface area is 75.8 Å². The molecule has 0 aromatic carbocycles. The van der Waals surface area contributed by atoms with Crippen LogP contribution in [0, 0.1) is 13.8 Å². The summed E-state index contributed by atoms with van der Waals surface area (Å²) in [4.78, 5) is 4.18. The van der Waals surface area contributed by atoms with Crippen LogP contribution in [0.15, 0.2) is 18.3 Å². The Morgan fingerprint density at radius 2 is 2.08 bits per heavy atom. The Balaban J connectivity index is 2.93. The molecule has 2 nitrogen and oxygen atoms in total. The second-order valence-corrected chi connectivity index (χ2v) is 3.31. The van der Waals surface area contributed by atoms with Crippen LogP contribution in [0.2, 0.25) is 5.15 Å². The molecule has 0 radical (unpaired) electrons. The van der Waals surface area contributed by atoms with Crippen LogP contribution in [0.4, 0.5) is 0 Å². The lowest BCUT2D eigenvalue weighted by molar-refractivity contribution is 1.04. The summed E-state index contributed by atoms with van der Waals surface area (Å²) in [5, 5.41) is 0.722. The fraction of sp³-hybridized carbons (Fsp3) is 0.222. The fourth-order valence-electron chi connectivity index (χ4n) is 1.37. The largest absolute Gasteiger partial charge is 0.287 e. The SMILES string of the molecule is Cc1cc(Cl)n2c(C)ncc2c1. The summed E-state index contributed by atoms with van der Waals surface area (Å²) in [7, 11) is 0. The maximum absolute atomic E-state index is 6.03. The van der Waals surface area contributed by atoms with Crippen molar-refractivity contribution in [2.75, 3.05) is 0 Å². The van der Waals surface area contributed by atoms with Crippen molar-refractivity contribution < 1.29 is 0 Å². The van der Waals surface area contributed by atoms with Gasteiger partial charge in [-0.2, -0.15) is 0 Å². The van der Waals surface area contributed by atoms with E-state index in [4.69, 9.17) is 11.6 Å². The highest BCUT2D eigenvalue weighted by molar-refractivity contribution is 6.29. The standard InChI is InChI=1S/C9H9ClN2/c1-6-3-8-5-11-7(2)12(8)9(10)4-6/h3-5H,1-2H3. The van der Waals surface area contributed by atoms with E-state index < -0.39 is 0 Å². The Kier molecular flexibility index (Phi) is 1.58. The molecule has 0 bridgehead atoms. The summed E-state index contributed by atoms with van der Waals surface area (Å²) in [6, 6.07) is 4.00. The highest BCUT2D eigenvalue weighted by Crippen LogP contribution is 2.17. The van der Waals surface area contributed by atoms with Crippen LogP contribution in [-0.2, 0) is 0 Å². The van der Waals surface area contributed by atoms with E-state index in [0.717, 1.165) is 22.1 Å². The molecule has 0 saturated heterocycles. The van der Waals surface area contributed by atoms with Crippen LogP contribution in [0.5, 0.6) is 0 Å². The van der Waals surface area contributed by atoms with Gasteiger partial charge in [-0.1, -0.05) is 11.6 Å². The zero-order valence-electron chi connectivity index (χ0n) is 7.00. The van der Waals surface area contributed by atoms with Crippen molar-refractivity contribution >= 4 is 17.1 Å². The van der Waals surface area contributed by atoms with E-state index in [2.05, 4.69) is 11.1 Å². The minimum absolute atomic E-state index is 0.722. The van der Waals surface area contributed by atoms with Crippen molar-refractivity contribution in [1.29, 1.82) is 0 Å². The van der Waals surface area contributed by atoms with Gasteiger partial charge in [-0.15, -0.1) is 0 Å². The first kappa shape index (κ1) is 7.62. The lowest BCUT2D eigenvalue weighted by Crippen LogP contribution is -1.90. The molecular formula is C9H9ClN2. The van der Waals surface area contributed by atoms with Crippen LogP contribution in [0.1, 0.15) is 11.4 Å². The Bertz CT molecular complexity index is 431. The molecule has 0 saturated carbocycles. The number of halogens is 1. The van der Waals surface area contributed by atoms with Gasteiger partial charge in [-0.05, 0) is 31.5 Å². The molecule has 0 N–H and O–H groups in total. The first-order valence-corrected chi connectivity index (χ1v) is 4.16. The highest BCUT2D eigenvalue weighted by atomic mass is 35.5. The Morgan fingerprint density at radius 3 is 2.83 bits per heavy atom. The fourth-order valence-corrected chi connectivity index (χ4v) is 1.76. The molecule has 0 unspecified atom stereocenters. The van der Waals surface area contributed by atoms with Gasteiger partial charge >= 0.3 is 0 Å². The van der Waals surface area contributed by atoms with Crippen LogP contribution in [0.25, 0.3) is 5.52 Å². The van der Waals surface area contributed by atoms with Crippen molar-refractivity contribution in [3.05, 3.63) is 34.9 Å². The van der Waals surface area contributed by atoms with Crippen molar-refractivity contribution in [2.24, 2.45) is 0 Å². The average molecular weight is 181 g/mol. The number of aryl methyl sites for hydroxylation is 2.